The van der Waals surface area contributed by atoms with Crippen LogP contribution in [0.25, 0.3) is 0 Å². The van der Waals surface area contributed by atoms with E-state index in [0.717, 1.165) is 49.7 Å². The number of anilines is 1. The average molecular weight is 292 g/mol. The maximum absolute atomic E-state index is 5.82. The number of hydrogen-bond acceptors (Lipinski definition) is 4. The molecule has 1 saturated heterocycles. The molecule has 0 saturated carbocycles. The van der Waals surface area contributed by atoms with Crippen LogP contribution in [-0.2, 0) is 0 Å². The van der Waals surface area contributed by atoms with E-state index in [-0.39, 0.29) is 0 Å². The van der Waals surface area contributed by atoms with Crippen LogP contribution in [-0.4, -0.2) is 38.9 Å². The summed E-state index contributed by atoms with van der Waals surface area (Å²) in [4.78, 5) is 2.43. The lowest BCUT2D eigenvalue weighted by molar-refractivity contribution is 0.330. The molecule has 4 nitrogen and oxygen atoms in total. The van der Waals surface area contributed by atoms with Crippen molar-refractivity contribution in [2.45, 2.75) is 39.7 Å². The molecule has 0 bridgehead atoms. The second-order valence-electron chi connectivity index (χ2n) is 5.35. The van der Waals surface area contributed by atoms with Gasteiger partial charge >= 0.3 is 0 Å². The average Bonchev–Trinajstić information content (AvgIpc) is 2.75. The van der Waals surface area contributed by atoms with Crippen molar-refractivity contribution in [3.63, 3.8) is 0 Å². The summed E-state index contributed by atoms with van der Waals surface area (Å²) >= 11 is 0. The van der Waals surface area contributed by atoms with Gasteiger partial charge in [0.25, 0.3) is 0 Å². The molecule has 118 valence electrons. The number of benzene rings is 1. The molecule has 1 aliphatic rings. The third-order valence-electron chi connectivity index (χ3n) is 3.85. The zero-order chi connectivity index (χ0) is 15.1. The Bertz CT molecular complexity index is 437. The first-order chi connectivity index (χ1) is 10.3. The van der Waals surface area contributed by atoms with E-state index in [1.54, 1.807) is 0 Å². The van der Waals surface area contributed by atoms with Crippen molar-refractivity contribution in [2.75, 3.05) is 37.7 Å². The zero-order valence-corrected chi connectivity index (χ0v) is 13.5. The van der Waals surface area contributed by atoms with E-state index in [2.05, 4.69) is 23.2 Å². The predicted octanol–water partition coefficient (Wildman–Crippen LogP) is 3.06. The van der Waals surface area contributed by atoms with Gasteiger partial charge in [0.2, 0.25) is 0 Å². The Balaban J connectivity index is 2.26. The molecule has 4 heteroatoms. The second kappa shape index (κ2) is 8.13. The van der Waals surface area contributed by atoms with Crippen LogP contribution in [0.2, 0.25) is 0 Å². The highest BCUT2D eigenvalue weighted by Crippen LogP contribution is 2.33. The molecule has 1 fully saturated rings. The normalized spacial score (nSPS) is 19.2. The van der Waals surface area contributed by atoms with E-state index >= 15 is 0 Å². The van der Waals surface area contributed by atoms with E-state index in [1.165, 1.54) is 0 Å². The van der Waals surface area contributed by atoms with Crippen LogP contribution in [0.3, 0.4) is 0 Å². The summed E-state index contributed by atoms with van der Waals surface area (Å²) in [5, 5.41) is 3.61. The zero-order valence-electron chi connectivity index (χ0n) is 13.5. The second-order valence-corrected chi connectivity index (χ2v) is 5.35. The van der Waals surface area contributed by atoms with Crippen LogP contribution >= 0.6 is 0 Å². The minimum absolute atomic E-state index is 0.540. The van der Waals surface area contributed by atoms with E-state index < -0.39 is 0 Å². The van der Waals surface area contributed by atoms with Crippen LogP contribution in [0.4, 0.5) is 5.69 Å². The highest BCUT2D eigenvalue weighted by atomic mass is 16.5. The van der Waals surface area contributed by atoms with Crippen molar-refractivity contribution in [3.05, 3.63) is 18.2 Å². The van der Waals surface area contributed by atoms with Gasteiger partial charge in [0, 0.05) is 25.2 Å². The highest BCUT2D eigenvalue weighted by molar-refractivity contribution is 5.62. The fraction of sp³-hybridized carbons (Fsp3) is 0.647. The number of hydrogen-bond donors (Lipinski definition) is 1. The Morgan fingerprint density at radius 2 is 2.00 bits per heavy atom. The third-order valence-corrected chi connectivity index (χ3v) is 3.85. The Hall–Kier alpha value is -1.42. The first-order valence-electron chi connectivity index (χ1n) is 8.16. The number of nitrogens with one attached hydrogen (secondary N) is 1. The molecule has 0 aliphatic carbocycles. The summed E-state index contributed by atoms with van der Waals surface area (Å²) in [6.45, 7) is 10.8. The molecule has 21 heavy (non-hydrogen) atoms. The van der Waals surface area contributed by atoms with Gasteiger partial charge in [-0.25, -0.2) is 0 Å². The molecule has 0 spiro atoms. The largest absolute Gasteiger partial charge is 0.494 e. The molecule has 0 amide bonds. The Kier molecular flexibility index (Phi) is 6.18. The lowest BCUT2D eigenvalue weighted by Crippen LogP contribution is -2.37. The van der Waals surface area contributed by atoms with Gasteiger partial charge in [-0.2, -0.15) is 0 Å². The molecule has 1 unspecified atom stereocenters. The van der Waals surface area contributed by atoms with Gasteiger partial charge in [-0.15, -0.1) is 0 Å². The fourth-order valence-electron chi connectivity index (χ4n) is 2.77. The molecule has 1 aliphatic heterocycles. The number of nitrogens with zero attached hydrogens (tertiary/aromatic N) is 1. The summed E-state index contributed by atoms with van der Waals surface area (Å²) in [7, 11) is 0. The first-order valence-corrected chi connectivity index (χ1v) is 8.16. The molecule has 0 radical (unpaired) electrons. The molecular weight excluding hydrogens is 264 g/mol. The summed E-state index contributed by atoms with van der Waals surface area (Å²) in [6.07, 6.45) is 2.30. The van der Waals surface area contributed by atoms with Gasteiger partial charge in [0.15, 0.2) is 0 Å². The van der Waals surface area contributed by atoms with Gasteiger partial charge in [-0.05, 0) is 45.4 Å². The van der Waals surface area contributed by atoms with E-state index in [1.807, 2.05) is 26.0 Å². The van der Waals surface area contributed by atoms with Gasteiger partial charge in [-0.1, -0.05) is 6.92 Å². The third kappa shape index (κ3) is 4.27. The SMILES string of the molecule is CCOc1ccc(OCC)c(N2CCCNC(CC)C2)c1. The molecule has 0 aromatic heterocycles. The minimum atomic E-state index is 0.540. The van der Waals surface area contributed by atoms with Crippen LogP contribution in [0.15, 0.2) is 18.2 Å². The standard InChI is InChI=1S/C17H28N2O2/c1-4-14-13-19(11-7-10-18-14)16-12-15(20-5-2)8-9-17(16)21-6-3/h8-9,12,14,18H,4-7,10-11,13H2,1-3H3. The summed E-state index contributed by atoms with van der Waals surface area (Å²) < 4.78 is 11.5. The maximum Gasteiger partial charge on any atom is 0.142 e. The van der Waals surface area contributed by atoms with E-state index in [4.69, 9.17) is 9.47 Å². The first kappa shape index (κ1) is 16.0. The van der Waals surface area contributed by atoms with Crippen molar-refractivity contribution < 1.29 is 9.47 Å². The molecule has 1 aromatic rings. The Morgan fingerprint density at radius 3 is 2.71 bits per heavy atom. The van der Waals surface area contributed by atoms with Crippen LogP contribution in [0.5, 0.6) is 11.5 Å². The molecule has 1 N–H and O–H groups in total. The van der Waals surface area contributed by atoms with Gasteiger partial charge < -0.3 is 19.7 Å². The fourth-order valence-corrected chi connectivity index (χ4v) is 2.77. The molecule has 1 atom stereocenters. The molecule has 2 rings (SSSR count). The van der Waals surface area contributed by atoms with Crippen molar-refractivity contribution in [2.24, 2.45) is 0 Å². The van der Waals surface area contributed by atoms with E-state index in [9.17, 15) is 0 Å². The summed E-state index contributed by atoms with van der Waals surface area (Å²) in [5.41, 5.74) is 1.16. The minimum Gasteiger partial charge on any atom is -0.494 e. The molecule has 1 heterocycles. The quantitative estimate of drug-likeness (QED) is 0.873. The monoisotopic (exact) mass is 292 g/mol. The molecule has 1 aromatic carbocycles. The van der Waals surface area contributed by atoms with Crippen LogP contribution in [0.1, 0.15) is 33.6 Å². The van der Waals surface area contributed by atoms with Crippen molar-refractivity contribution >= 4 is 5.69 Å². The summed E-state index contributed by atoms with van der Waals surface area (Å²) in [6, 6.07) is 6.68. The van der Waals surface area contributed by atoms with Gasteiger partial charge in [0.05, 0.1) is 18.9 Å². The Labute approximate surface area is 128 Å². The van der Waals surface area contributed by atoms with Crippen LogP contribution in [0, 0.1) is 0 Å². The lowest BCUT2D eigenvalue weighted by atomic mass is 10.2. The predicted molar refractivity (Wildman–Crippen MR) is 87.7 cm³/mol. The van der Waals surface area contributed by atoms with Crippen molar-refractivity contribution in [1.82, 2.24) is 5.32 Å². The van der Waals surface area contributed by atoms with Crippen LogP contribution < -0.4 is 19.7 Å². The summed E-state index contributed by atoms with van der Waals surface area (Å²) in [5.74, 6) is 1.87. The van der Waals surface area contributed by atoms with Crippen molar-refractivity contribution in [1.29, 1.82) is 0 Å². The van der Waals surface area contributed by atoms with Crippen molar-refractivity contribution in [3.8, 4) is 11.5 Å². The Morgan fingerprint density at radius 1 is 1.19 bits per heavy atom. The van der Waals surface area contributed by atoms with E-state index in [0.29, 0.717) is 19.3 Å². The maximum atomic E-state index is 5.82. The lowest BCUT2D eigenvalue weighted by Gasteiger charge is -2.28. The number of rotatable bonds is 6. The molecular formula is C17H28N2O2. The van der Waals surface area contributed by atoms with Gasteiger partial charge in [-0.3, -0.25) is 0 Å². The van der Waals surface area contributed by atoms with Gasteiger partial charge in [0.1, 0.15) is 11.5 Å². The highest BCUT2D eigenvalue weighted by Gasteiger charge is 2.20. The topological polar surface area (TPSA) is 33.7 Å². The smallest absolute Gasteiger partial charge is 0.142 e. The number of ether oxygens (including phenoxy) is 2.